The van der Waals surface area contributed by atoms with Crippen LogP contribution in [-0.4, -0.2) is 37.0 Å². The van der Waals surface area contributed by atoms with E-state index in [1.807, 2.05) is 48.5 Å². The molecule has 3 rings (SSSR count). The van der Waals surface area contributed by atoms with E-state index in [1.165, 1.54) is 0 Å². The van der Waals surface area contributed by atoms with Crippen molar-refractivity contribution in [1.29, 1.82) is 0 Å². The number of nitrogens with one attached hydrogen (secondary N) is 2. The summed E-state index contributed by atoms with van der Waals surface area (Å²) in [5.41, 5.74) is 0.678. The van der Waals surface area contributed by atoms with Crippen LogP contribution < -0.4 is 15.4 Å². The summed E-state index contributed by atoms with van der Waals surface area (Å²) in [5.74, 6) is 1.45. The zero-order chi connectivity index (χ0) is 18.4. The molecule has 6 heteroatoms. The Bertz CT molecular complexity index is 756. The lowest BCUT2D eigenvalue weighted by atomic mass is 9.96. The molecule has 0 saturated carbocycles. The summed E-state index contributed by atoms with van der Waals surface area (Å²) in [6.07, 6.45) is 1.37. The molecule has 26 heavy (non-hydrogen) atoms. The van der Waals surface area contributed by atoms with Gasteiger partial charge in [-0.05, 0) is 37.1 Å². The third-order valence-electron chi connectivity index (χ3n) is 4.46. The topological polar surface area (TPSA) is 70.7 Å². The second-order valence-electron chi connectivity index (χ2n) is 6.25. The highest BCUT2D eigenvalue weighted by Gasteiger charge is 2.26. The molecule has 1 heterocycles. The lowest BCUT2D eigenvalue weighted by Crippen LogP contribution is -2.44. The Morgan fingerprint density at radius 1 is 1.00 bits per heavy atom. The third-order valence-corrected chi connectivity index (χ3v) is 4.46. The van der Waals surface area contributed by atoms with E-state index < -0.39 is 0 Å². The van der Waals surface area contributed by atoms with Crippen LogP contribution in [0.1, 0.15) is 12.8 Å². The van der Waals surface area contributed by atoms with Gasteiger partial charge in [-0.3, -0.25) is 4.79 Å². The summed E-state index contributed by atoms with van der Waals surface area (Å²) in [6.45, 7) is 1.15. The van der Waals surface area contributed by atoms with Gasteiger partial charge in [-0.15, -0.1) is 0 Å². The van der Waals surface area contributed by atoms with Crippen LogP contribution in [0.15, 0.2) is 54.6 Å². The number of hydrogen-bond donors (Lipinski definition) is 2. The molecular formula is C20H23N3O3. The first-order valence-corrected chi connectivity index (χ1v) is 8.76. The number of ether oxygens (including phenoxy) is 1. The maximum atomic E-state index is 12.5. The molecule has 1 saturated heterocycles. The van der Waals surface area contributed by atoms with Gasteiger partial charge in [-0.1, -0.05) is 24.3 Å². The molecule has 0 spiro atoms. The largest absolute Gasteiger partial charge is 0.457 e. The van der Waals surface area contributed by atoms with E-state index in [4.69, 9.17) is 4.74 Å². The fourth-order valence-corrected chi connectivity index (χ4v) is 3.01. The van der Waals surface area contributed by atoms with E-state index in [2.05, 4.69) is 10.6 Å². The first-order chi connectivity index (χ1) is 12.7. The summed E-state index contributed by atoms with van der Waals surface area (Å²) in [5, 5.41) is 5.58. The molecule has 0 atom stereocenters. The molecule has 0 bridgehead atoms. The highest BCUT2D eigenvalue weighted by Crippen LogP contribution is 2.24. The molecule has 2 aromatic carbocycles. The number of benzene rings is 2. The zero-order valence-corrected chi connectivity index (χ0v) is 14.8. The molecule has 1 fully saturated rings. The number of carbonyl (C=O) groups is 2. The predicted molar refractivity (Wildman–Crippen MR) is 100 cm³/mol. The van der Waals surface area contributed by atoms with Crippen LogP contribution in [0.2, 0.25) is 0 Å². The van der Waals surface area contributed by atoms with Crippen LogP contribution in [0.3, 0.4) is 0 Å². The minimum Gasteiger partial charge on any atom is -0.457 e. The monoisotopic (exact) mass is 353 g/mol. The van der Waals surface area contributed by atoms with Gasteiger partial charge < -0.3 is 20.3 Å². The highest BCUT2D eigenvalue weighted by atomic mass is 16.5. The van der Waals surface area contributed by atoms with E-state index in [9.17, 15) is 9.59 Å². The van der Waals surface area contributed by atoms with Crippen molar-refractivity contribution in [2.45, 2.75) is 12.8 Å². The first kappa shape index (κ1) is 17.8. The van der Waals surface area contributed by atoms with Crippen molar-refractivity contribution < 1.29 is 14.3 Å². The second kappa shape index (κ2) is 8.38. The Kier molecular flexibility index (Phi) is 5.73. The van der Waals surface area contributed by atoms with Crippen molar-refractivity contribution in [2.75, 3.05) is 25.5 Å². The van der Waals surface area contributed by atoms with Gasteiger partial charge in [-0.25, -0.2) is 4.79 Å². The highest BCUT2D eigenvalue weighted by molar-refractivity contribution is 5.89. The van der Waals surface area contributed by atoms with Gasteiger partial charge in [0.2, 0.25) is 5.91 Å². The van der Waals surface area contributed by atoms with Gasteiger partial charge in [0, 0.05) is 37.8 Å². The maximum Gasteiger partial charge on any atom is 0.321 e. The van der Waals surface area contributed by atoms with Crippen LogP contribution in [0, 0.1) is 5.92 Å². The lowest BCUT2D eigenvalue weighted by molar-refractivity contribution is -0.125. The van der Waals surface area contributed by atoms with Gasteiger partial charge in [0.15, 0.2) is 0 Å². The summed E-state index contributed by atoms with van der Waals surface area (Å²) in [7, 11) is 1.64. The summed E-state index contributed by atoms with van der Waals surface area (Å²) < 4.78 is 5.79. The molecular weight excluding hydrogens is 330 g/mol. The van der Waals surface area contributed by atoms with E-state index in [1.54, 1.807) is 18.0 Å². The van der Waals surface area contributed by atoms with E-state index in [0.29, 0.717) is 37.4 Å². The van der Waals surface area contributed by atoms with Crippen LogP contribution in [0.25, 0.3) is 0 Å². The number of rotatable bonds is 4. The molecule has 0 radical (unpaired) electrons. The molecule has 2 aromatic rings. The number of para-hydroxylation sites is 1. The minimum atomic E-state index is -0.155. The molecule has 1 aliphatic heterocycles. The maximum absolute atomic E-state index is 12.5. The number of nitrogens with zero attached hydrogens (tertiary/aromatic N) is 1. The van der Waals surface area contributed by atoms with Gasteiger partial charge in [0.05, 0.1) is 0 Å². The van der Waals surface area contributed by atoms with E-state index in [-0.39, 0.29) is 17.9 Å². The lowest BCUT2D eigenvalue weighted by Gasteiger charge is -2.31. The average Bonchev–Trinajstić information content (AvgIpc) is 2.68. The summed E-state index contributed by atoms with van der Waals surface area (Å²) >= 11 is 0. The first-order valence-electron chi connectivity index (χ1n) is 8.76. The standard InChI is InChI=1S/C20H23N3O3/c1-21-19(24)15-10-12-23(13-11-15)20(25)22-16-6-5-9-18(14-16)26-17-7-3-2-4-8-17/h2-9,14-15H,10-13H2,1H3,(H,21,24)(H,22,25). The number of piperidine rings is 1. The molecule has 1 aliphatic rings. The molecule has 6 nitrogen and oxygen atoms in total. The van der Waals surface area contributed by atoms with Gasteiger partial charge >= 0.3 is 6.03 Å². The number of hydrogen-bond acceptors (Lipinski definition) is 3. The van der Waals surface area contributed by atoms with Crippen molar-refractivity contribution in [2.24, 2.45) is 5.92 Å². The fourth-order valence-electron chi connectivity index (χ4n) is 3.01. The Hall–Kier alpha value is -3.02. The Morgan fingerprint density at radius 2 is 1.69 bits per heavy atom. The normalized spacial score (nSPS) is 14.6. The molecule has 136 valence electrons. The molecule has 0 unspecified atom stereocenters. The van der Waals surface area contributed by atoms with Crippen molar-refractivity contribution in [3.05, 3.63) is 54.6 Å². The number of carbonyl (C=O) groups excluding carboxylic acids is 2. The van der Waals surface area contributed by atoms with Crippen LogP contribution >= 0.6 is 0 Å². The Labute approximate surface area is 153 Å². The summed E-state index contributed by atoms with van der Waals surface area (Å²) in [4.78, 5) is 25.9. The number of amides is 3. The Balaban J connectivity index is 1.56. The molecule has 3 amide bonds. The molecule has 0 aromatic heterocycles. The zero-order valence-electron chi connectivity index (χ0n) is 14.8. The average molecular weight is 353 g/mol. The number of likely N-dealkylation sites (tertiary alicyclic amines) is 1. The molecule has 0 aliphatic carbocycles. The minimum absolute atomic E-state index is 0.00773. The predicted octanol–water partition coefficient (Wildman–Crippen LogP) is 3.47. The van der Waals surface area contributed by atoms with Gasteiger partial charge in [0.25, 0.3) is 0 Å². The van der Waals surface area contributed by atoms with Crippen LogP contribution in [-0.2, 0) is 4.79 Å². The van der Waals surface area contributed by atoms with Crippen molar-refractivity contribution in [1.82, 2.24) is 10.2 Å². The number of anilines is 1. The van der Waals surface area contributed by atoms with Crippen molar-refractivity contribution in [3.63, 3.8) is 0 Å². The fraction of sp³-hybridized carbons (Fsp3) is 0.300. The SMILES string of the molecule is CNC(=O)C1CCN(C(=O)Nc2cccc(Oc3ccccc3)c2)CC1. The van der Waals surface area contributed by atoms with Crippen molar-refractivity contribution >= 4 is 17.6 Å². The van der Waals surface area contributed by atoms with Crippen molar-refractivity contribution in [3.8, 4) is 11.5 Å². The van der Waals surface area contributed by atoms with E-state index in [0.717, 1.165) is 5.75 Å². The van der Waals surface area contributed by atoms with Gasteiger partial charge in [-0.2, -0.15) is 0 Å². The van der Waals surface area contributed by atoms with E-state index >= 15 is 0 Å². The Morgan fingerprint density at radius 3 is 2.38 bits per heavy atom. The smallest absolute Gasteiger partial charge is 0.321 e. The second-order valence-corrected chi connectivity index (χ2v) is 6.25. The number of urea groups is 1. The van der Waals surface area contributed by atoms with Crippen LogP contribution in [0.5, 0.6) is 11.5 Å². The van der Waals surface area contributed by atoms with Crippen LogP contribution in [0.4, 0.5) is 10.5 Å². The quantitative estimate of drug-likeness (QED) is 0.884. The van der Waals surface area contributed by atoms with Gasteiger partial charge in [0.1, 0.15) is 11.5 Å². The third kappa shape index (κ3) is 4.53. The molecule has 2 N–H and O–H groups in total. The summed E-state index contributed by atoms with van der Waals surface area (Å²) in [6, 6.07) is 16.6.